The Morgan fingerprint density at radius 3 is 2.16 bits per heavy atom. The molecule has 0 spiro atoms. The molecule has 0 unspecified atom stereocenters. The molecule has 0 atom stereocenters. The van der Waals surface area contributed by atoms with Crippen LogP contribution in [0.5, 0.6) is 0 Å². The second kappa shape index (κ2) is 10.2. The summed E-state index contributed by atoms with van der Waals surface area (Å²) in [5.74, 6) is -1.35. The van der Waals surface area contributed by atoms with Gasteiger partial charge in [-0.1, -0.05) is 32.1 Å². The third-order valence-electron chi connectivity index (χ3n) is 4.70. The summed E-state index contributed by atoms with van der Waals surface area (Å²) in [5.41, 5.74) is 0. The highest BCUT2D eigenvalue weighted by Gasteiger charge is 2.32. The first-order chi connectivity index (χ1) is 12.1. The van der Waals surface area contributed by atoms with Gasteiger partial charge in [-0.3, -0.25) is 14.4 Å². The molecule has 1 saturated carbocycles. The summed E-state index contributed by atoms with van der Waals surface area (Å²) in [6.45, 7) is 0. The molecule has 0 aromatic carbocycles. The van der Waals surface area contributed by atoms with Crippen LogP contribution in [0, 0.1) is 0 Å². The molecule has 7 heteroatoms. The minimum Gasteiger partial charge on any atom is -0.353 e. The molecule has 1 aliphatic carbocycles. The lowest BCUT2D eigenvalue weighted by Gasteiger charge is -2.22. The van der Waals surface area contributed by atoms with Crippen LogP contribution in [0.4, 0.5) is 0 Å². The number of imide groups is 1. The Morgan fingerprint density at radius 2 is 1.52 bits per heavy atom. The number of hydrogen-bond acceptors (Lipinski definition) is 5. The summed E-state index contributed by atoms with van der Waals surface area (Å²) < 4.78 is 0. The number of carbonyl (C=O) groups excluding carboxylic acids is 4. The first-order valence-electron chi connectivity index (χ1n) is 9.42. The second-order valence-corrected chi connectivity index (χ2v) is 6.86. The van der Waals surface area contributed by atoms with Crippen molar-refractivity contribution in [2.24, 2.45) is 0 Å². The molecule has 7 nitrogen and oxygen atoms in total. The molecule has 1 aliphatic heterocycles. The topological polar surface area (TPSA) is 92.8 Å². The van der Waals surface area contributed by atoms with Crippen LogP contribution in [0.2, 0.25) is 0 Å². The Morgan fingerprint density at radius 1 is 0.920 bits per heavy atom. The fourth-order valence-electron chi connectivity index (χ4n) is 3.26. The van der Waals surface area contributed by atoms with Gasteiger partial charge < -0.3 is 10.2 Å². The number of hydroxylamine groups is 2. The zero-order valence-corrected chi connectivity index (χ0v) is 14.8. The van der Waals surface area contributed by atoms with Crippen LogP contribution in [0.3, 0.4) is 0 Å². The van der Waals surface area contributed by atoms with Gasteiger partial charge in [0.25, 0.3) is 11.8 Å². The first-order valence-corrected chi connectivity index (χ1v) is 9.42. The summed E-state index contributed by atoms with van der Waals surface area (Å²) >= 11 is 0. The minimum absolute atomic E-state index is 0.106. The SMILES string of the molecule is O=C(CCCCCCC(=O)ON1C(=O)CCC1=O)NC1CCCCC1. The lowest BCUT2D eigenvalue weighted by molar-refractivity contribution is -0.197. The molecule has 0 aromatic heterocycles. The van der Waals surface area contributed by atoms with Crippen molar-refractivity contribution in [3.8, 4) is 0 Å². The summed E-state index contributed by atoms with van der Waals surface area (Å²) in [7, 11) is 0. The van der Waals surface area contributed by atoms with E-state index in [1.54, 1.807) is 0 Å². The van der Waals surface area contributed by atoms with Crippen LogP contribution in [0.25, 0.3) is 0 Å². The molecule has 0 aromatic rings. The number of hydrogen-bond donors (Lipinski definition) is 1. The normalized spacial score (nSPS) is 18.5. The van der Waals surface area contributed by atoms with Crippen LogP contribution in [-0.2, 0) is 24.0 Å². The third kappa shape index (κ3) is 6.84. The summed E-state index contributed by atoms with van der Waals surface area (Å²) in [6.07, 6.45) is 9.88. The fraction of sp³-hybridized carbons (Fsp3) is 0.778. The van der Waals surface area contributed by atoms with Gasteiger partial charge >= 0.3 is 5.97 Å². The standard InChI is InChI=1S/C18H28N2O5/c21-15(19-14-8-4-3-5-9-14)10-6-1-2-7-11-18(24)25-20-16(22)12-13-17(20)23/h14H,1-13H2,(H,19,21). The van der Waals surface area contributed by atoms with Crippen molar-refractivity contribution in [1.29, 1.82) is 0 Å². The van der Waals surface area contributed by atoms with Gasteiger partial charge in [-0.05, 0) is 25.7 Å². The van der Waals surface area contributed by atoms with E-state index in [2.05, 4.69) is 5.32 Å². The van der Waals surface area contributed by atoms with Crippen molar-refractivity contribution in [2.75, 3.05) is 0 Å². The van der Waals surface area contributed by atoms with Crippen LogP contribution >= 0.6 is 0 Å². The molecule has 2 rings (SSSR count). The Hall–Kier alpha value is -1.92. The molecule has 3 amide bonds. The zero-order valence-electron chi connectivity index (χ0n) is 14.8. The highest BCUT2D eigenvalue weighted by molar-refractivity contribution is 6.01. The average Bonchev–Trinajstić information content (AvgIpc) is 2.91. The summed E-state index contributed by atoms with van der Waals surface area (Å²) in [5, 5.41) is 3.68. The van der Waals surface area contributed by atoms with Gasteiger partial charge in [0.1, 0.15) is 0 Å². The van der Waals surface area contributed by atoms with Crippen molar-refractivity contribution < 1.29 is 24.0 Å². The maximum atomic E-state index is 11.9. The zero-order chi connectivity index (χ0) is 18.1. The van der Waals surface area contributed by atoms with E-state index in [1.165, 1.54) is 19.3 Å². The molecule has 1 heterocycles. The number of unbranched alkanes of at least 4 members (excludes halogenated alkanes) is 3. The quantitative estimate of drug-likeness (QED) is 0.508. The number of nitrogens with one attached hydrogen (secondary N) is 1. The van der Waals surface area contributed by atoms with Crippen molar-refractivity contribution in [3.05, 3.63) is 0 Å². The maximum absolute atomic E-state index is 11.9. The fourth-order valence-corrected chi connectivity index (χ4v) is 3.26. The van der Waals surface area contributed by atoms with Crippen LogP contribution in [-0.4, -0.2) is 34.8 Å². The summed E-state index contributed by atoms with van der Waals surface area (Å²) in [6, 6.07) is 0.354. The van der Waals surface area contributed by atoms with E-state index in [1.807, 2.05) is 0 Å². The van der Waals surface area contributed by atoms with Gasteiger partial charge in [-0.25, -0.2) is 4.79 Å². The largest absolute Gasteiger partial charge is 0.353 e. The van der Waals surface area contributed by atoms with E-state index in [0.717, 1.165) is 32.1 Å². The van der Waals surface area contributed by atoms with E-state index in [-0.39, 0.29) is 25.2 Å². The van der Waals surface area contributed by atoms with Crippen LogP contribution in [0.1, 0.15) is 83.5 Å². The molecular formula is C18H28N2O5. The predicted molar refractivity (Wildman–Crippen MR) is 89.9 cm³/mol. The Balaban J connectivity index is 1.47. The van der Waals surface area contributed by atoms with Gasteiger partial charge in [0.15, 0.2) is 0 Å². The molecule has 25 heavy (non-hydrogen) atoms. The predicted octanol–water partition coefficient (Wildman–Crippen LogP) is 2.38. The van der Waals surface area contributed by atoms with E-state index >= 15 is 0 Å². The molecule has 0 bridgehead atoms. The molecule has 2 fully saturated rings. The van der Waals surface area contributed by atoms with Crippen molar-refractivity contribution in [3.63, 3.8) is 0 Å². The molecule has 140 valence electrons. The molecule has 0 radical (unpaired) electrons. The summed E-state index contributed by atoms with van der Waals surface area (Å²) in [4.78, 5) is 50.9. The number of nitrogens with zero attached hydrogens (tertiary/aromatic N) is 1. The minimum atomic E-state index is -0.557. The van der Waals surface area contributed by atoms with Crippen molar-refractivity contribution in [2.45, 2.75) is 89.5 Å². The van der Waals surface area contributed by atoms with Crippen molar-refractivity contribution >= 4 is 23.7 Å². The molecule has 1 saturated heterocycles. The van der Waals surface area contributed by atoms with E-state index in [9.17, 15) is 19.2 Å². The maximum Gasteiger partial charge on any atom is 0.333 e. The van der Waals surface area contributed by atoms with Crippen molar-refractivity contribution in [1.82, 2.24) is 10.4 Å². The average molecular weight is 352 g/mol. The van der Waals surface area contributed by atoms with E-state index in [4.69, 9.17) is 4.84 Å². The monoisotopic (exact) mass is 352 g/mol. The van der Waals surface area contributed by atoms with Gasteiger partial charge in [0.05, 0.1) is 0 Å². The lowest BCUT2D eigenvalue weighted by Crippen LogP contribution is -2.35. The van der Waals surface area contributed by atoms with Crippen LogP contribution in [0.15, 0.2) is 0 Å². The molecule has 2 aliphatic rings. The number of rotatable bonds is 9. The number of amides is 3. The Kier molecular flexibility index (Phi) is 7.88. The Bertz CT molecular complexity index is 484. The Labute approximate surface area is 148 Å². The van der Waals surface area contributed by atoms with Gasteiger partial charge in [0, 0.05) is 31.7 Å². The van der Waals surface area contributed by atoms with Crippen LogP contribution < -0.4 is 5.32 Å². The van der Waals surface area contributed by atoms with Gasteiger partial charge in [0.2, 0.25) is 5.91 Å². The van der Waals surface area contributed by atoms with Gasteiger partial charge in [-0.15, -0.1) is 5.06 Å². The van der Waals surface area contributed by atoms with E-state index in [0.29, 0.717) is 23.9 Å². The first kappa shape index (κ1) is 19.4. The second-order valence-electron chi connectivity index (χ2n) is 6.86. The highest BCUT2D eigenvalue weighted by Crippen LogP contribution is 2.18. The smallest absolute Gasteiger partial charge is 0.333 e. The molecular weight excluding hydrogens is 324 g/mol. The van der Waals surface area contributed by atoms with E-state index < -0.39 is 17.8 Å². The van der Waals surface area contributed by atoms with Gasteiger partial charge in [-0.2, -0.15) is 0 Å². The molecule has 1 N–H and O–H groups in total. The lowest BCUT2D eigenvalue weighted by atomic mass is 9.95. The highest BCUT2D eigenvalue weighted by atomic mass is 16.7. The third-order valence-corrected chi connectivity index (χ3v) is 4.70. The number of carbonyl (C=O) groups is 4.